The van der Waals surface area contributed by atoms with Crippen LogP contribution in [0.4, 0.5) is 11.4 Å². The lowest BCUT2D eigenvalue weighted by molar-refractivity contribution is 0.0169. The number of methoxy groups -OCH3 is 2. The molecule has 2 aliphatic carbocycles. The molecular formula is C46H55N5O7S2. The molecule has 0 radical (unpaired) electrons. The molecule has 6 atom stereocenters. The molecule has 14 heteroatoms. The summed E-state index contributed by atoms with van der Waals surface area (Å²) in [5, 5.41) is 34.1. The van der Waals surface area contributed by atoms with Crippen LogP contribution >= 0.6 is 21.6 Å². The predicted molar refractivity (Wildman–Crippen MR) is 238 cm³/mol. The highest BCUT2D eigenvalue weighted by molar-refractivity contribution is 8.76. The Morgan fingerprint density at radius 3 is 2.67 bits per heavy atom. The van der Waals surface area contributed by atoms with Crippen LogP contribution < -0.4 is 30.3 Å². The second-order valence-electron chi connectivity index (χ2n) is 16.6. The number of benzene rings is 2. The van der Waals surface area contributed by atoms with Gasteiger partial charge in [0.1, 0.15) is 30.8 Å². The summed E-state index contributed by atoms with van der Waals surface area (Å²) in [5.74, 6) is 2.54. The molecule has 2 aromatic rings. The quantitative estimate of drug-likeness (QED) is 0.0956. The van der Waals surface area contributed by atoms with Crippen LogP contribution in [0.3, 0.4) is 0 Å². The Hall–Kier alpha value is -4.60. The van der Waals surface area contributed by atoms with Crippen molar-refractivity contribution in [3.63, 3.8) is 0 Å². The Morgan fingerprint density at radius 2 is 1.83 bits per heavy atom. The summed E-state index contributed by atoms with van der Waals surface area (Å²) in [7, 11) is 6.98. The number of nitrogens with one attached hydrogen (secondary N) is 3. The van der Waals surface area contributed by atoms with E-state index in [0.29, 0.717) is 43.4 Å². The molecular weight excluding hydrogens is 799 g/mol. The Morgan fingerprint density at radius 1 is 0.967 bits per heavy atom. The zero-order valence-electron chi connectivity index (χ0n) is 34.8. The topological polar surface area (TPSA) is 129 Å². The van der Waals surface area contributed by atoms with E-state index in [4.69, 9.17) is 23.7 Å². The van der Waals surface area contributed by atoms with E-state index in [1.807, 2.05) is 64.3 Å². The summed E-state index contributed by atoms with van der Waals surface area (Å²) in [6.45, 7) is 6.32. The van der Waals surface area contributed by atoms with Gasteiger partial charge in [-0.25, -0.2) is 0 Å². The van der Waals surface area contributed by atoms with Gasteiger partial charge in [0, 0.05) is 71.2 Å². The maximum Gasteiger partial charge on any atom is 0.163 e. The third-order valence-corrected chi connectivity index (χ3v) is 14.9. The SMILES string of the molecule is COc1cc2c(cc1OCC1=CC(OCCCC(C)(C)SSC)=CC(COC3=CC4=C(CC3OC)C(O)N3C5=C(N4)C3C=CC=C5)N1)NCC1Cc3ccccc3N1C2O. The molecule has 5 aliphatic heterocycles. The van der Waals surface area contributed by atoms with E-state index in [0.717, 1.165) is 70.3 Å². The van der Waals surface area contributed by atoms with Crippen LogP contribution in [0.1, 0.15) is 50.5 Å². The highest BCUT2D eigenvalue weighted by Crippen LogP contribution is 2.46. The van der Waals surface area contributed by atoms with Crippen LogP contribution in [0.25, 0.3) is 0 Å². The van der Waals surface area contributed by atoms with Gasteiger partial charge in [-0.1, -0.05) is 58.0 Å². The van der Waals surface area contributed by atoms with E-state index < -0.39 is 12.5 Å². The van der Waals surface area contributed by atoms with Crippen molar-refractivity contribution >= 4 is 33.0 Å². The van der Waals surface area contributed by atoms with Gasteiger partial charge in [-0.2, -0.15) is 0 Å². The first-order valence-corrected chi connectivity index (χ1v) is 23.3. The van der Waals surface area contributed by atoms with E-state index in [2.05, 4.69) is 71.3 Å². The smallest absolute Gasteiger partial charge is 0.163 e. The summed E-state index contributed by atoms with van der Waals surface area (Å²) in [6.07, 6.45) is 17.6. The molecule has 0 saturated carbocycles. The van der Waals surface area contributed by atoms with Crippen LogP contribution in [-0.2, 0) is 20.6 Å². The maximum absolute atomic E-state index is 11.7. The lowest BCUT2D eigenvalue weighted by Crippen LogP contribution is -2.51. The highest BCUT2D eigenvalue weighted by Gasteiger charge is 2.46. The number of aliphatic hydroxyl groups is 2. The van der Waals surface area contributed by atoms with Gasteiger partial charge in [0.25, 0.3) is 0 Å². The van der Waals surface area contributed by atoms with E-state index in [1.54, 1.807) is 25.0 Å². The Balaban J connectivity index is 0.912. The number of hydrogen-bond acceptors (Lipinski definition) is 14. The number of rotatable bonds is 15. The fourth-order valence-electron chi connectivity index (χ4n) is 9.24. The van der Waals surface area contributed by atoms with Gasteiger partial charge in [0.2, 0.25) is 0 Å². The van der Waals surface area contributed by atoms with E-state index in [9.17, 15) is 10.2 Å². The average molecular weight is 854 g/mol. The second-order valence-corrected chi connectivity index (χ2v) is 19.7. The maximum atomic E-state index is 11.7. The average Bonchev–Trinajstić information content (AvgIpc) is 3.48. The Kier molecular flexibility index (Phi) is 11.6. The number of nitrogens with zero attached hydrogens (tertiary/aromatic N) is 2. The normalized spacial score (nSPS) is 25.9. The molecule has 0 amide bonds. The molecule has 2 aromatic carbocycles. The molecule has 7 aliphatic rings. The number of aliphatic hydroxyl groups excluding tert-OH is 2. The van der Waals surface area contributed by atoms with Crippen molar-refractivity contribution < 1.29 is 33.9 Å². The zero-order valence-corrected chi connectivity index (χ0v) is 36.4. The van der Waals surface area contributed by atoms with Gasteiger partial charge < -0.3 is 59.6 Å². The van der Waals surface area contributed by atoms with Crippen LogP contribution in [0.5, 0.6) is 11.5 Å². The molecule has 12 nitrogen and oxygen atoms in total. The minimum atomic E-state index is -0.840. The number of dihydropyridines is 1. The molecule has 0 spiro atoms. The third kappa shape index (κ3) is 7.88. The zero-order chi connectivity index (χ0) is 41.5. The first-order chi connectivity index (χ1) is 29.1. The monoisotopic (exact) mass is 853 g/mol. The Bertz CT molecular complexity index is 2210. The van der Waals surface area contributed by atoms with Gasteiger partial charge in [-0.15, -0.1) is 0 Å². The van der Waals surface area contributed by atoms with Crippen LogP contribution in [0.15, 0.2) is 119 Å². The lowest BCUT2D eigenvalue weighted by Gasteiger charge is -2.44. The van der Waals surface area contributed by atoms with Gasteiger partial charge >= 0.3 is 0 Å². The number of para-hydroxylation sites is 1. The molecule has 60 heavy (non-hydrogen) atoms. The fourth-order valence-corrected chi connectivity index (χ4v) is 11.5. The van der Waals surface area contributed by atoms with E-state index in [-0.39, 0.29) is 35.6 Å². The first kappa shape index (κ1) is 40.8. The Labute approximate surface area is 360 Å². The van der Waals surface area contributed by atoms with Crippen molar-refractivity contribution in [2.45, 2.75) is 81.0 Å². The molecule has 6 unspecified atom stereocenters. The van der Waals surface area contributed by atoms with Gasteiger partial charge in [-0.05, 0) is 69.2 Å². The third-order valence-electron chi connectivity index (χ3n) is 12.2. The minimum Gasteiger partial charge on any atom is -0.494 e. The van der Waals surface area contributed by atoms with E-state index >= 15 is 0 Å². The van der Waals surface area contributed by atoms with Crippen molar-refractivity contribution in [1.29, 1.82) is 0 Å². The summed E-state index contributed by atoms with van der Waals surface area (Å²) in [4.78, 5) is 4.14. The molecule has 0 fully saturated rings. The van der Waals surface area contributed by atoms with Gasteiger partial charge in [-0.3, -0.25) is 0 Å². The fraction of sp³-hybridized carbons (Fsp3) is 0.435. The standard InChI is InChI=1S/C46H55N5O7S2/c1-46(2,60-59-5)15-10-16-56-31-18-28(25-57-41-22-34-32(20-39(41)54-3)44(52)50-30(24-47-34)17-27-11-6-7-12-36(27)50)48-29(19-31)26-58-42-23-35-33(21-40(42)55-4)45(53)51-37-13-8-9-14-38(51)43(37)49-35/h6-9,11-14,18-20,22-23,29-30,37,40,44-45,47-49,52-53H,10,15-17,21,24-26H2,1-5H3. The molecule has 318 valence electrons. The van der Waals surface area contributed by atoms with Crippen molar-refractivity contribution in [2.24, 2.45) is 0 Å². The number of fused-ring (bicyclic) bond motifs is 5. The molecule has 0 aromatic heterocycles. The first-order valence-electron chi connectivity index (χ1n) is 20.7. The summed E-state index contributed by atoms with van der Waals surface area (Å²) in [5.41, 5.74) is 8.48. The van der Waals surface area contributed by atoms with Crippen molar-refractivity contribution in [1.82, 2.24) is 15.5 Å². The lowest BCUT2D eigenvalue weighted by atomic mass is 9.95. The van der Waals surface area contributed by atoms with Crippen LogP contribution in [0.2, 0.25) is 0 Å². The number of allylic oxidation sites excluding steroid dienone is 5. The van der Waals surface area contributed by atoms with Crippen LogP contribution in [0, 0.1) is 0 Å². The van der Waals surface area contributed by atoms with Gasteiger partial charge in [0.15, 0.2) is 24.0 Å². The van der Waals surface area contributed by atoms with Crippen LogP contribution in [-0.4, -0.2) is 97.2 Å². The molecule has 9 rings (SSSR count). The number of anilines is 2. The van der Waals surface area contributed by atoms with Gasteiger partial charge in [0.05, 0.1) is 48.9 Å². The van der Waals surface area contributed by atoms with Crippen molar-refractivity contribution in [3.05, 3.63) is 130 Å². The minimum absolute atomic E-state index is 0.00310. The summed E-state index contributed by atoms with van der Waals surface area (Å²) in [6, 6.07) is 12.0. The van der Waals surface area contributed by atoms with Crippen molar-refractivity contribution in [3.8, 4) is 11.5 Å². The van der Waals surface area contributed by atoms with E-state index in [1.165, 1.54) is 5.56 Å². The number of hydrogen-bond donors (Lipinski definition) is 5. The molecule has 4 bridgehead atoms. The molecule has 0 saturated heterocycles. The second kappa shape index (κ2) is 17.0. The summed E-state index contributed by atoms with van der Waals surface area (Å²) < 4.78 is 31.5. The highest BCUT2D eigenvalue weighted by atomic mass is 33.1. The summed E-state index contributed by atoms with van der Waals surface area (Å²) >= 11 is 0. The molecule has 5 heterocycles. The largest absolute Gasteiger partial charge is 0.494 e. The van der Waals surface area contributed by atoms with Crippen molar-refractivity contribution in [2.75, 3.05) is 57.1 Å². The number of ether oxygens (including phenoxy) is 5. The molecule has 5 N–H and O–H groups in total. The predicted octanol–water partition coefficient (Wildman–Crippen LogP) is 6.76.